The van der Waals surface area contributed by atoms with Gasteiger partial charge in [0.2, 0.25) is 0 Å². The Hall–Kier alpha value is -1.24. The first kappa shape index (κ1) is 6.47. The van der Waals surface area contributed by atoms with Gasteiger partial charge in [-0.3, -0.25) is 0 Å². The number of hydrogen-bond donors (Lipinski definition) is 0. The van der Waals surface area contributed by atoms with Gasteiger partial charge < -0.3 is 4.40 Å². The molecule has 0 aliphatic heterocycles. The summed E-state index contributed by atoms with van der Waals surface area (Å²) in [6.45, 7) is 11.2. The number of pyridine rings is 1. The highest BCUT2D eigenvalue weighted by atomic mass is 14.8. The monoisotopic (exact) mass is 141 g/mol. The highest BCUT2D eigenvalue weighted by Crippen LogP contribution is 2.11. The number of rotatable bonds is 0. The van der Waals surface area contributed by atoms with Crippen molar-refractivity contribution in [3.8, 4) is 0 Å². The minimum absolute atomic E-state index is 0.619. The predicted molar refractivity (Wildman–Crippen MR) is 44.2 cm³/mol. The van der Waals surface area contributed by atoms with Gasteiger partial charge in [0.1, 0.15) is 0 Å². The van der Waals surface area contributed by atoms with Crippen molar-refractivity contribution in [1.82, 2.24) is 4.40 Å². The van der Waals surface area contributed by atoms with Crippen LogP contribution in [0.1, 0.15) is 11.1 Å². The van der Waals surface area contributed by atoms with Crippen LogP contribution < -0.4 is 0 Å². The van der Waals surface area contributed by atoms with Crippen LogP contribution in [0.2, 0.25) is 0 Å². The molecule has 0 aromatic carbocycles. The van der Waals surface area contributed by atoms with Crippen LogP contribution in [0.15, 0.2) is 30.6 Å². The van der Waals surface area contributed by atoms with Crippen LogP contribution >= 0.6 is 0 Å². The second-order valence-corrected chi connectivity index (χ2v) is 2.52. The van der Waals surface area contributed by atoms with E-state index in [1.165, 1.54) is 0 Å². The van der Waals surface area contributed by atoms with Gasteiger partial charge >= 0.3 is 0 Å². The van der Waals surface area contributed by atoms with E-state index < -0.39 is 0 Å². The largest absolute Gasteiger partial charge is 0.324 e. The van der Waals surface area contributed by atoms with Crippen LogP contribution in [0.5, 0.6) is 0 Å². The molecule has 1 heteroatoms. The Labute approximate surface area is 66.3 Å². The zero-order valence-corrected chi connectivity index (χ0v) is 5.99. The van der Waals surface area contributed by atoms with E-state index in [1.54, 1.807) is 0 Å². The lowest BCUT2D eigenvalue weighted by Crippen LogP contribution is -1.86. The van der Waals surface area contributed by atoms with Crippen LogP contribution in [-0.2, 0) is 0 Å². The van der Waals surface area contributed by atoms with Crippen molar-refractivity contribution < 1.29 is 0 Å². The van der Waals surface area contributed by atoms with Crippen LogP contribution in [0.4, 0.5) is 0 Å². The van der Waals surface area contributed by atoms with Gasteiger partial charge in [0, 0.05) is 24.8 Å². The van der Waals surface area contributed by atoms with Gasteiger partial charge in [-0.25, -0.2) is 0 Å². The van der Waals surface area contributed by atoms with Gasteiger partial charge in [-0.05, 0) is 36.2 Å². The summed E-state index contributed by atoms with van der Waals surface area (Å²) in [5.41, 5.74) is 2.32. The van der Waals surface area contributed by atoms with Gasteiger partial charge in [-0.2, -0.15) is 0 Å². The summed E-state index contributed by atoms with van der Waals surface area (Å²) >= 11 is 0. The Bertz CT molecular complexity index is 349. The predicted octanol–water partition coefficient (Wildman–Crippen LogP) is 2.06. The number of fused-ring (bicyclic) bond motifs is 1. The minimum atomic E-state index is 0.619. The Morgan fingerprint density at radius 1 is 1.18 bits per heavy atom. The zero-order chi connectivity index (χ0) is 7.84. The molecule has 52 valence electrons. The average molecular weight is 141 g/mol. The Morgan fingerprint density at radius 3 is 2.82 bits per heavy atom. The molecule has 2 rings (SSSR count). The smallest absolute Gasteiger partial charge is 0.0452 e. The van der Waals surface area contributed by atoms with Gasteiger partial charge in [0.15, 0.2) is 0 Å². The summed E-state index contributed by atoms with van der Waals surface area (Å²) in [6.07, 6.45) is 3.75. The normalized spacial score (nSPS) is 10.7. The van der Waals surface area contributed by atoms with E-state index in [0.717, 1.165) is 5.52 Å². The lowest BCUT2D eigenvalue weighted by molar-refractivity contribution is 1.18. The van der Waals surface area contributed by atoms with Crippen molar-refractivity contribution >= 4 is 5.52 Å². The highest BCUT2D eigenvalue weighted by Gasteiger charge is 1.95. The summed E-state index contributed by atoms with van der Waals surface area (Å²) in [5.74, 6) is 0. The van der Waals surface area contributed by atoms with E-state index >= 15 is 0 Å². The molecule has 0 spiro atoms. The van der Waals surface area contributed by atoms with Crippen molar-refractivity contribution in [2.24, 2.45) is 0 Å². The van der Waals surface area contributed by atoms with Crippen molar-refractivity contribution in [1.29, 1.82) is 0 Å². The molecule has 0 unspecified atom stereocenters. The maximum Gasteiger partial charge on any atom is 0.0452 e. The summed E-state index contributed by atoms with van der Waals surface area (Å²) in [5, 5.41) is 0. The lowest BCUT2D eigenvalue weighted by atomic mass is 10.2. The molecule has 0 saturated carbocycles. The summed E-state index contributed by atoms with van der Waals surface area (Å²) in [7, 11) is 0. The summed E-state index contributed by atoms with van der Waals surface area (Å²) in [6, 6.07) is 5.79. The molecule has 1 nitrogen and oxygen atoms in total. The molecule has 0 fully saturated rings. The van der Waals surface area contributed by atoms with Gasteiger partial charge in [-0.15, -0.1) is 0 Å². The van der Waals surface area contributed by atoms with E-state index in [9.17, 15) is 0 Å². The van der Waals surface area contributed by atoms with Crippen LogP contribution in [-0.4, -0.2) is 4.40 Å². The number of aromatic nitrogens is 1. The van der Waals surface area contributed by atoms with E-state index in [0.29, 0.717) is 11.1 Å². The van der Waals surface area contributed by atoms with Crippen molar-refractivity contribution in [3.05, 3.63) is 55.6 Å². The Kier molecular flexibility index (Phi) is 1.25. The van der Waals surface area contributed by atoms with Crippen LogP contribution in [0.25, 0.3) is 5.52 Å². The van der Waals surface area contributed by atoms with Crippen molar-refractivity contribution in [3.63, 3.8) is 0 Å². The standard InChI is InChI=1S/C10H7N/c1-8-6-10-4-3-5-11(10)7-9(8)2/h1-7H. The fourth-order valence-corrected chi connectivity index (χ4v) is 1.11. The molecule has 0 aliphatic rings. The van der Waals surface area contributed by atoms with E-state index in [1.807, 2.05) is 35.0 Å². The topological polar surface area (TPSA) is 4.41 Å². The third-order valence-electron chi connectivity index (χ3n) is 1.73. The summed E-state index contributed by atoms with van der Waals surface area (Å²) < 4.78 is 1.94. The maximum atomic E-state index is 5.61. The van der Waals surface area contributed by atoms with Crippen molar-refractivity contribution in [2.75, 3.05) is 0 Å². The van der Waals surface area contributed by atoms with Crippen LogP contribution in [0, 0.1) is 13.8 Å². The second-order valence-electron chi connectivity index (χ2n) is 2.52. The Balaban J connectivity index is 2.86. The van der Waals surface area contributed by atoms with E-state index in [2.05, 4.69) is 0 Å². The van der Waals surface area contributed by atoms with E-state index in [4.69, 9.17) is 13.8 Å². The quantitative estimate of drug-likeness (QED) is 0.529. The van der Waals surface area contributed by atoms with Gasteiger partial charge in [0.25, 0.3) is 0 Å². The average Bonchev–Trinajstić information content (AvgIpc) is 2.36. The van der Waals surface area contributed by atoms with Gasteiger partial charge in [-0.1, -0.05) is 0 Å². The second kappa shape index (κ2) is 2.12. The lowest BCUT2D eigenvalue weighted by Gasteiger charge is -2.00. The molecule has 0 amide bonds. The third kappa shape index (κ3) is 0.929. The zero-order valence-electron chi connectivity index (χ0n) is 5.99. The molecule has 0 N–H and O–H groups in total. The maximum absolute atomic E-state index is 5.61. The first-order valence-electron chi connectivity index (χ1n) is 3.39. The number of nitrogens with zero attached hydrogens (tertiary/aromatic N) is 1. The molecule has 2 aromatic heterocycles. The molecular formula is C10H7N. The highest BCUT2D eigenvalue weighted by molar-refractivity contribution is 5.52. The molecule has 0 aliphatic carbocycles. The van der Waals surface area contributed by atoms with E-state index in [-0.39, 0.29) is 0 Å². The molecule has 0 saturated heterocycles. The molecule has 0 bridgehead atoms. The molecule has 0 atom stereocenters. The summed E-state index contributed by atoms with van der Waals surface area (Å²) in [4.78, 5) is 0. The molecule has 2 heterocycles. The molecule has 11 heavy (non-hydrogen) atoms. The molecular weight excluding hydrogens is 134 g/mol. The van der Waals surface area contributed by atoms with Gasteiger partial charge in [0.05, 0.1) is 0 Å². The Morgan fingerprint density at radius 2 is 2.00 bits per heavy atom. The third-order valence-corrected chi connectivity index (χ3v) is 1.73. The minimum Gasteiger partial charge on any atom is -0.324 e. The first-order chi connectivity index (χ1) is 5.27. The number of hydrogen-bond acceptors (Lipinski definition) is 0. The molecule has 2 aromatic rings. The molecule has 4 radical (unpaired) electrons. The first-order valence-corrected chi connectivity index (χ1v) is 3.39. The fraction of sp³-hybridized carbons (Fsp3) is 0. The van der Waals surface area contributed by atoms with Crippen LogP contribution in [0.3, 0.4) is 0 Å². The SMILES string of the molecule is [CH]c1cc2cccn2cc1[CH]. The van der Waals surface area contributed by atoms with Crippen molar-refractivity contribution in [2.45, 2.75) is 0 Å². The fourth-order valence-electron chi connectivity index (χ4n) is 1.11.